The van der Waals surface area contributed by atoms with Crippen molar-refractivity contribution < 1.29 is 9.53 Å². The van der Waals surface area contributed by atoms with Gasteiger partial charge < -0.3 is 15.4 Å². The molecule has 0 aromatic rings. The molecule has 1 atom stereocenters. The maximum Gasteiger partial charge on any atom is 0.236 e. The van der Waals surface area contributed by atoms with Crippen LogP contribution < -0.4 is 10.6 Å². The molecular weight excluding hydrogens is 204 g/mol. The van der Waals surface area contributed by atoms with Gasteiger partial charge in [0.1, 0.15) is 0 Å². The van der Waals surface area contributed by atoms with Crippen LogP contribution in [0.5, 0.6) is 0 Å². The minimum atomic E-state index is -0.0980. The van der Waals surface area contributed by atoms with E-state index >= 15 is 0 Å². The molecule has 94 valence electrons. The molecule has 1 amide bonds. The summed E-state index contributed by atoms with van der Waals surface area (Å²) in [4.78, 5) is 11.6. The number of ether oxygens (including phenoxy) is 1. The molecule has 16 heavy (non-hydrogen) atoms. The summed E-state index contributed by atoms with van der Waals surface area (Å²) in [6.45, 7) is 7.53. The fourth-order valence-electron chi connectivity index (χ4n) is 1.90. The Labute approximate surface area is 98.1 Å². The Hall–Kier alpha value is -0.610. The van der Waals surface area contributed by atoms with Crippen molar-refractivity contribution in [2.75, 3.05) is 13.2 Å². The van der Waals surface area contributed by atoms with E-state index in [-0.39, 0.29) is 11.9 Å². The Morgan fingerprint density at radius 3 is 2.69 bits per heavy atom. The van der Waals surface area contributed by atoms with Gasteiger partial charge in [0.05, 0.1) is 12.1 Å². The van der Waals surface area contributed by atoms with E-state index in [0.717, 1.165) is 32.4 Å². The van der Waals surface area contributed by atoms with Crippen LogP contribution in [0.1, 0.15) is 40.0 Å². The van der Waals surface area contributed by atoms with E-state index in [4.69, 9.17) is 4.74 Å². The number of rotatable bonds is 7. The average molecular weight is 228 g/mol. The lowest BCUT2D eigenvalue weighted by atomic mass is 9.88. The Balaban J connectivity index is 2.11. The zero-order valence-electron chi connectivity index (χ0n) is 10.6. The average Bonchev–Trinajstić information content (AvgIpc) is 2.22. The molecule has 0 spiro atoms. The minimum Gasteiger partial charge on any atom is -0.378 e. The van der Waals surface area contributed by atoms with E-state index in [2.05, 4.69) is 17.6 Å². The molecule has 0 bridgehead atoms. The van der Waals surface area contributed by atoms with Crippen molar-refractivity contribution in [3.63, 3.8) is 0 Å². The van der Waals surface area contributed by atoms with Gasteiger partial charge in [-0.3, -0.25) is 4.79 Å². The second-order valence-electron chi connectivity index (χ2n) is 4.43. The molecule has 1 unspecified atom stereocenters. The predicted octanol–water partition coefficient (Wildman–Crippen LogP) is 1.06. The third-order valence-electron chi connectivity index (χ3n) is 2.93. The zero-order chi connectivity index (χ0) is 12.0. The predicted molar refractivity (Wildman–Crippen MR) is 64.3 cm³/mol. The molecular formula is C12H24N2O2. The Morgan fingerprint density at radius 1 is 1.44 bits per heavy atom. The molecule has 4 nitrogen and oxygen atoms in total. The molecule has 0 aromatic carbocycles. The summed E-state index contributed by atoms with van der Waals surface area (Å²) in [5.74, 6) is 0.0988. The highest BCUT2D eigenvalue weighted by Crippen LogP contribution is 2.23. The van der Waals surface area contributed by atoms with Crippen molar-refractivity contribution >= 4 is 5.91 Å². The summed E-state index contributed by atoms with van der Waals surface area (Å²) in [6, 6.07) is 0.345. The third-order valence-corrected chi connectivity index (χ3v) is 2.93. The van der Waals surface area contributed by atoms with E-state index in [1.54, 1.807) is 0 Å². The van der Waals surface area contributed by atoms with Crippen molar-refractivity contribution in [3.8, 4) is 0 Å². The van der Waals surface area contributed by atoms with E-state index in [9.17, 15) is 4.79 Å². The second kappa shape index (κ2) is 6.86. The van der Waals surface area contributed by atoms with E-state index in [1.807, 2.05) is 13.8 Å². The first-order valence-corrected chi connectivity index (χ1v) is 6.32. The number of amides is 1. The molecule has 1 fully saturated rings. The maximum absolute atomic E-state index is 11.6. The topological polar surface area (TPSA) is 50.4 Å². The molecule has 4 heteroatoms. The van der Waals surface area contributed by atoms with Crippen LogP contribution in [0.25, 0.3) is 0 Å². The number of hydrogen-bond donors (Lipinski definition) is 2. The van der Waals surface area contributed by atoms with Crippen LogP contribution in [0.2, 0.25) is 0 Å². The van der Waals surface area contributed by atoms with Crippen molar-refractivity contribution in [2.24, 2.45) is 0 Å². The second-order valence-corrected chi connectivity index (χ2v) is 4.43. The van der Waals surface area contributed by atoms with Gasteiger partial charge in [0.15, 0.2) is 0 Å². The van der Waals surface area contributed by atoms with Crippen LogP contribution in [0.4, 0.5) is 0 Å². The van der Waals surface area contributed by atoms with Crippen molar-refractivity contribution in [1.82, 2.24) is 10.6 Å². The Morgan fingerprint density at radius 2 is 2.12 bits per heavy atom. The molecule has 0 aromatic heterocycles. The fourth-order valence-corrected chi connectivity index (χ4v) is 1.90. The number of hydrogen-bond acceptors (Lipinski definition) is 3. The first-order valence-electron chi connectivity index (χ1n) is 6.32. The molecule has 0 aliphatic heterocycles. The number of nitrogens with one attached hydrogen (secondary N) is 2. The van der Waals surface area contributed by atoms with Gasteiger partial charge in [0, 0.05) is 19.2 Å². The summed E-state index contributed by atoms with van der Waals surface area (Å²) < 4.78 is 5.47. The fraction of sp³-hybridized carbons (Fsp3) is 0.917. The van der Waals surface area contributed by atoms with Gasteiger partial charge in [-0.1, -0.05) is 6.92 Å². The summed E-state index contributed by atoms with van der Waals surface area (Å²) >= 11 is 0. The van der Waals surface area contributed by atoms with Gasteiger partial charge >= 0.3 is 0 Å². The summed E-state index contributed by atoms with van der Waals surface area (Å²) in [7, 11) is 0. The van der Waals surface area contributed by atoms with Crippen LogP contribution in [-0.2, 0) is 9.53 Å². The molecule has 0 heterocycles. The van der Waals surface area contributed by atoms with E-state index in [1.165, 1.54) is 0 Å². The standard InChI is InChI=1S/C12H24N2O2/c1-4-6-13-12(15)9(3)14-10-7-11(8-10)16-5-2/h9-11,14H,4-8H2,1-3H3,(H,13,15). The molecule has 1 rings (SSSR count). The lowest BCUT2D eigenvalue weighted by Crippen LogP contribution is -2.53. The van der Waals surface area contributed by atoms with Crippen LogP contribution >= 0.6 is 0 Å². The molecule has 0 radical (unpaired) electrons. The lowest BCUT2D eigenvalue weighted by Gasteiger charge is -2.37. The molecule has 1 aliphatic rings. The van der Waals surface area contributed by atoms with Gasteiger partial charge in [-0.05, 0) is 33.1 Å². The van der Waals surface area contributed by atoms with Gasteiger partial charge in [-0.2, -0.15) is 0 Å². The highest BCUT2D eigenvalue weighted by molar-refractivity contribution is 5.81. The van der Waals surface area contributed by atoms with Crippen LogP contribution in [-0.4, -0.2) is 37.2 Å². The molecule has 1 saturated carbocycles. The van der Waals surface area contributed by atoms with Gasteiger partial charge in [0.2, 0.25) is 5.91 Å². The SMILES string of the molecule is CCCNC(=O)C(C)NC1CC(OCC)C1. The van der Waals surface area contributed by atoms with Crippen molar-refractivity contribution in [2.45, 2.75) is 58.2 Å². The van der Waals surface area contributed by atoms with Crippen LogP contribution in [0, 0.1) is 0 Å². The van der Waals surface area contributed by atoms with Gasteiger partial charge in [-0.25, -0.2) is 0 Å². The first kappa shape index (κ1) is 13.5. The number of carbonyl (C=O) groups excluding carboxylic acids is 1. The maximum atomic E-state index is 11.6. The summed E-state index contributed by atoms with van der Waals surface area (Å²) in [5, 5.41) is 6.21. The van der Waals surface area contributed by atoms with Crippen molar-refractivity contribution in [3.05, 3.63) is 0 Å². The number of carbonyl (C=O) groups is 1. The molecule has 0 saturated heterocycles. The molecule has 1 aliphatic carbocycles. The quantitative estimate of drug-likeness (QED) is 0.685. The summed E-state index contributed by atoms with van der Waals surface area (Å²) in [5.41, 5.74) is 0. The van der Waals surface area contributed by atoms with E-state index < -0.39 is 0 Å². The van der Waals surface area contributed by atoms with E-state index in [0.29, 0.717) is 12.1 Å². The van der Waals surface area contributed by atoms with Crippen molar-refractivity contribution in [1.29, 1.82) is 0 Å². The highest BCUT2D eigenvalue weighted by atomic mass is 16.5. The smallest absolute Gasteiger partial charge is 0.236 e. The zero-order valence-corrected chi connectivity index (χ0v) is 10.6. The highest BCUT2D eigenvalue weighted by Gasteiger charge is 2.31. The summed E-state index contributed by atoms with van der Waals surface area (Å²) in [6.07, 6.45) is 3.43. The van der Waals surface area contributed by atoms with Gasteiger partial charge in [-0.15, -0.1) is 0 Å². The third kappa shape index (κ3) is 4.10. The largest absolute Gasteiger partial charge is 0.378 e. The lowest BCUT2D eigenvalue weighted by molar-refractivity contribution is -0.123. The normalized spacial score (nSPS) is 25.9. The van der Waals surface area contributed by atoms with Gasteiger partial charge in [0.25, 0.3) is 0 Å². The first-order chi connectivity index (χ1) is 7.67. The Bertz CT molecular complexity index is 215. The monoisotopic (exact) mass is 228 g/mol. The van der Waals surface area contributed by atoms with Crippen LogP contribution in [0.15, 0.2) is 0 Å². The van der Waals surface area contributed by atoms with Crippen LogP contribution in [0.3, 0.4) is 0 Å². The minimum absolute atomic E-state index is 0.0980. The molecule has 2 N–H and O–H groups in total. The Kier molecular flexibility index (Phi) is 5.77.